The Labute approximate surface area is 482 Å². The highest BCUT2D eigenvalue weighted by Crippen LogP contribution is 2.19. The fraction of sp³-hybridized carbons (Fsp3) is 0.944. The van der Waals surface area contributed by atoms with Gasteiger partial charge in [-0.15, -0.1) is 0 Å². The van der Waals surface area contributed by atoms with E-state index in [1.165, 1.54) is 340 Å². The Hall–Kier alpha value is -1.40. The molecular formula is C71H139NO5. The molecule has 0 aromatic carbocycles. The zero-order valence-electron chi connectivity index (χ0n) is 52.5. The van der Waals surface area contributed by atoms with Crippen LogP contribution >= 0.6 is 0 Å². The Morgan fingerprint density at radius 2 is 0.597 bits per heavy atom. The molecule has 0 aliphatic heterocycles. The number of hydrogen-bond acceptors (Lipinski definition) is 5. The first-order chi connectivity index (χ1) is 38.0. The SMILES string of the molecule is CCCCCCCCCCCCCCCCCCC/C=C/C(O)C(CO)NC(=O)CCCCCCCCCCCCCCCCCCCCCCCCCCCCCCOC(=O)CCCCCCCCCCCCCCC. The first-order valence-electron chi connectivity index (χ1n) is 35.5. The standard InChI is InChI=1S/C71H139NO5/c1-3-5-7-9-11-13-15-17-18-19-30-33-36-40-43-47-51-55-59-63-69(74)68(67-73)72-70(75)64-60-56-52-48-44-41-37-34-31-28-26-24-22-20-21-23-25-27-29-32-35-38-42-46-50-54-58-62-66-77-71(76)65-61-57-53-49-45-39-16-14-12-10-8-6-4-2/h59,63,68-69,73-74H,3-58,60-62,64-67H2,1-2H3,(H,72,75)/b63-59+. The Balaban J connectivity index is 3.36. The van der Waals surface area contributed by atoms with Crippen LogP contribution in [0.25, 0.3) is 0 Å². The maximum atomic E-state index is 12.5. The molecule has 458 valence electrons. The molecular weight excluding hydrogens is 947 g/mol. The normalized spacial score (nSPS) is 12.5. The molecule has 0 aromatic heterocycles. The molecule has 0 aliphatic rings. The van der Waals surface area contributed by atoms with Gasteiger partial charge in [-0.25, -0.2) is 0 Å². The third kappa shape index (κ3) is 63.6. The maximum Gasteiger partial charge on any atom is 0.305 e. The summed E-state index contributed by atoms with van der Waals surface area (Å²) in [4.78, 5) is 24.6. The summed E-state index contributed by atoms with van der Waals surface area (Å²) in [7, 11) is 0. The summed E-state index contributed by atoms with van der Waals surface area (Å²) in [5.41, 5.74) is 0. The van der Waals surface area contributed by atoms with Crippen molar-refractivity contribution in [3.8, 4) is 0 Å². The first-order valence-corrected chi connectivity index (χ1v) is 35.5. The summed E-state index contributed by atoms with van der Waals surface area (Å²) < 4.78 is 5.49. The van der Waals surface area contributed by atoms with Crippen LogP contribution in [0.5, 0.6) is 0 Å². The van der Waals surface area contributed by atoms with Gasteiger partial charge in [0, 0.05) is 12.8 Å². The lowest BCUT2D eigenvalue weighted by atomic mass is 10.0. The molecule has 0 aliphatic carbocycles. The minimum absolute atomic E-state index is 0.0209. The number of hydrogen-bond donors (Lipinski definition) is 3. The van der Waals surface area contributed by atoms with E-state index in [2.05, 4.69) is 19.2 Å². The predicted octanol–water partition coefficient (Wildman–Crippen LogP) is 22.8. The van der Waals surface area contributed by atoms with Crippen LogP contribution < -0.4 is 5.32 Å². The lowest BCUT2D eigenvalue weighted by Crippen LogP contribution is -2.45. The molecule has 0 saturated carbocycles. The van der Waals surface area contributed by atoms with Crippen LogP contribution in [0.4, 0.5) is 0 Å². The number of esters is 1. The van der Waals surface area contributed by atoms with Crippen LogP contribution in [0, 0.1) is 0 Å². The van der Waals surface area contributed by atoms with Crippen LogP contribution in [-0.4, -0.2) is 47.4 Å². The van der Waals surface area contributed by atoms with Crippen molar-refractivity contribution in [2.24, 2.45) is 0 Å². The third-order valence-corrected chi connectivity index (χ3v) is 16.8. The largest absolute Gasteiger partial charge is 0.466 e. The lowest BCUT2D eigenvalue weighted by Gasteiger charge is -2.20. The lowest BCUT2D eigenvalue weighted by molar-refractivity contribution is -0.143. The van der Waals surface area contributed by atoms with Gasteiger partial charge in [0.15, 0.2) is 0 Å². The van der Waals surface area contributed by atoms with Gasteiger partial charge in [0.25, 0.3) is 0 Å². The van der Waals surface area contributed by atoms with Crippen LogP contribution in [0.3, 0.4) is 0 Å². The van der Waals surface area contributed by atoms with Gasteiger partial charge < -0.3 is 20.3 Å². The molecule has 0 aromatic rings. The van der Waals surface area contributed by atoms with Gasteiger partial charge in [-0.05, 0) is 32.1 Å². The highest BCUT2D eigenvalue weighted by atomic mass is 16.5. The topological polar surface area (TPSA) is 95.9 Å². The Morgan fingerprint density at radius 3 is 0.883 bits per heavy atom. The first kappa shape index (κ1) is 75.6. The number of unbranched alkanes of at least 4 members (excludes halogenated alkanes) is 56. The van der Waals surface area contributed by atoms with E-state index >= 15 is 0 Å². The van der Waals surface area contributed by atoms with E-state index in [0.717, 1.165) is 38.5 Å². The highest BCUT2D eigenvalue weighted by molar-refractivity contribution is 5.76. The summed E-state index contributed by atoms with van der Waals surface area (Å²) in [5.74, 6) is -0.0397. The summed E-state index contributed by atoms with van der Waals surface area (Å²) >= 11 is 0. The number of aliphatic hydroxyl groups excluding tert-OH is 2. The predicted molar refractivity (Wildman–Crippen MR) is 338 cm³/mol. The van der Waals surface area contributed by atoms with E-state index in [9.17, 15) is 19.8 Å². The Kier molecular flexibility index (Phi) is 65.9. The van der Waals surface area contributed by atoms with Gasteiger partial charge in [-0.1, -0.05) is 373 Å². The highest BCUT2D eigenvalue weighted by Gasteiger charge is 2.18. The number of carbonyl (C=O) groups excluding carboxylic acids is 2. The van der Waals surface area contributed by atoms with Crippen molar-refractivity contribution < 1.29 is 24.5 Å². The van der Waals surface area contributed by atoms with E-state index in [4.69, 9.17) is 4.74 Å². The van der Waals surface area contributed by atoms with Gasteiger partial charge >= 0.3 is 5.97 Å². The Morgan fingerprint density at radius 1 is 0.351 bits per heavy atom. The molecule has 3 N–H and O–H groups in total. The van der Waals surface area contributed by atoms with Crippen molar-refractivity contribution in [1.29, 1.82) is 0 Å². The fourth-order valence-electron chi connectivity index (χ4n) is 11.4. The van der Waals surface area contributed by atoms with Gasteiger partial charge in [-0.3, -0.25) is 9.59 Å². The number of rotatable bonds is 67. The summed E-state index contributed by atoms with van der Waals surface area (Å²) in [5, 5.41) is 23.2. The molecule has 2 unspecified atom stereocenters. The van der Waals surface area contributed by atoms with Crippen molar-refractivity contribution in [3.05, 3.63) is 12.2 Å². The van der Waals surface area contributed by atoms with Crippen LogP contribution in [0.15, 0.2) is 12.2 Å². The average Bonchev–Trinajstić information content (AvgIpc) is 3.43. The molecule has 0 fully saturated rings. The van der Waals surface area contributed by atoms with Crippen LogP contribution in [0.2, 0.25) is 0 Å². The molecule has 0 saturated heterocycles. The maximum absolute atomic E-state index is 12.5. The summed E-state index contributed by atoms with van der Waals surface area (Å²) in [6.45, 7) is 4.95. The molecule has 6 heteroatoms. The van der Waals surface area contributed by atoms with E-state index in [1.54, 1.807) is 6.08 Å². The smallest absolute Gasteiger partial charge is 0.305 e. The molecule has 1 amide bonds. The minimum Gasteiger partial charge on any atom is -0.466 e. The number of aliphatic hydroxyl groups is 2. The van der Waals surface area contributed by atoms with Crippen LogP contribution in [-0.2, 0) is 14.3 Å². The van der Waals surface area contributed by atoms with E-state index in [0.29, 0.717) is 19.4 Å². The van der Waals surface area contributed by atoms with Crippen molar-refractivity contribution in [2.45, 2.75) is 418 Å². The zero-order valence-corrected chi connectivity index (χ0v) is 52.5. The summed E-state index contributed by atoms with van der Waals surface area (Å²) in [6, 6.07) is -0.625. The zero-order chi connectivity index (χ0) is 55.7. The number of allylic oxidation sites excluding steroid dienone is 1. The second-order valence-corrected chi connectivity index (χ2v) is 24.6. The Bertz CT molecular complexity index is 1160. The summed E-state index contributed by atoms with van der Waals surface area (Å²) in [6.07, 6.45) is 82.9. The molecule has 0 rings (SSSR count). The number of nitrogens with one attached hydrogen (secondary N) is 1. The van der Waals surface area contributed by atoms with E-state index in [1.807, 2.05) is 6.08 Å². The fourth-order valence-corrected chi connectivity index (χ4v) is 11.4. The second kappa shape index (κ2) is 67.1. The van der Waals surface area contributed by atoms with Crippen molar-refractivity contribution in [1.82, 2.24) is 5.32 Å². The van der Waals surface area contributed by atoms with Crippen LogP contribution in [0.1, 0.15) is 406 Å². The molecule has 77 heavy (non-hydrogen) atoms. The number of ether oxygens (including phenoxy) is 1. The minimum atomic E-state index is -0.842. The molecule has 0 spiro atoms. The van der Waals surface area contributed by atoms with Gasteiger partial charge in [-0.2, -0.15) is 0 Å². The quantitative estimate of drug-likeness (QED) is 0.0320. The monoisotopic (exact) mass is 1090 g/mol. The van der Waals surface area contributed by atoms with E-state index < -0.39 is 12.1 Å². The number of amides is 1. The molecule has 0 radical (unpaired) electrons. The van der Waals surface area contributed by atoms with Gasteiger partial charge in [0.2, 0.25) is 5.91 Å². The molecule has 2 atom stereocenters. The second-order valence-electron chi connectivity index (χ2n) is 24.6. The van der Waals surface area contributed by atoms with Gasteiger partial charge in [0.05, 0.1) is 25.4 Å². The van der Waals surface area contributed by atoms with Crippen molar-refractivity contribution in [3.63, 3.8) is 0 Å². The van der Waals surface area contributed by atoms with Crippen molar-refractivity contribution in [2.75, 3.05) is 13.2 Å². The average molecular weight is 1090 g/mol. The van der Waals surface area contributed by atoms with Gasteiger partial charge in [0.1, 0.15) is 0 Å². The molecule has 0 heterocycles. The molecule has 0 bridgehead atoms. The third-order valence-electron chi connectivity index (χ3n) is 16.8. The molecule has 6 nitrogen and oxygen atoms in total. The van der Waals surface area contributed by atoms with E-state index in [-0.39, 0.29) is 18.5 Å². The number of carbonyl (C=O) groups is 2. The van der Waals surface area contributed by atoms with Crippen molar-refractivity contribution >= 4 is 11.9 Å².